The molecule has 0 amide bonds. The van der Waals surface area contributed by atoms with Crippen LogP contribution < -0.4 is 4.90 Å². The first kappa shape index (κ1) is 26.1. The van der Waals surface area contributed by atoms with Gasteiger partial charge in [0.25, 0.3) is 0 Å². The van der Waals surface area contributed by atoms with E-state index in [0.717, 1.165) is 39.0 Å². The summed E-state index contributed by atoms with van der Waals surface area (Å²) in [5.41, 5.74) is 5.21. The first-order valence-corrected chi connectivity index (χ1v) is 11.9. The van der Waals surface area contributed by atoms with Crippen LogP contribution in [0.15, 0.2) is 95.2 Å². The van der Waals surface area contributed by atoms with E-state index in [1.54, 1.807) is 32.0 Å². The number of carbonyl (C=O) groups excluding carboxylic acids is 2. The van der Waals surface area contributed by atoms with Crippen molar-refractivity contribution in [3.63, 3.8) is 0 Å². The monoisotopic (exact) mass is 509 g/mol. The number of phenolic OH excluding ortho intramolecular Hbond substituents is 1. The number of hydrogen-bond donors (Lipinski definition) is 1. The molecule has 0 unspecified atom stereocenters. The minimum Gasteiger partial charge on any atom is -0.508 e. The fourth-order valence-electron chi connectivity index (χ4n) is 4.07. The first-order chi connectivity index (χ1) is 18.2. The van der Waals surface area contributed by atoms with Crippen molar-refractivity contribution < 1.29 is 24.4 Å². The maximum atomic E-state index is 11.3. The molecule has 0 aliphatic rings. The smallest absolute Gasteiger partial charge is 0.331 e. The Morgan fingerprint density at radius 3 is 1.95 bits per heavy atom. The summed E-state index contributed by atoms with van der Waals surface area (Å²) in [4.78, 5) is 34.1. The molecular formula is C30H27N3O5. The third kappa shape index (κ3) is 5.87. The van der Waals surface area contributed by atoms with Crippen LogP contribution in [0.25, 0.3) is 10.8 Å². The number of benzene rings is 4. The second-order valence-electron chi connectivity index (χ2n) is 8.60. The average Bonchev–Trinajstić information content (AvgIpc) is 2.91. The van der Waals surface area contributed by atoms with Gasteiger partial charge < -0.3 is 19.7 Å². The lowest BCUT2D eigenvalue weighted by molar-refractivity contribution is -0.141. The molecule has 0 aliphatic heterocycles. The van der Waals surface area contributed by atoms with Gasteiger partial charge in [0.1, 0.15) is 5.75 Å². The van der Waals surface area contributed by atoms with Crippen molar-refractivity contribution in [1.82, 2.24) is 0 Å². The van der Waals surface area contributed by atoms with E-state index in [4.69, 9.17) is 9.68 Å². The summed E-state index contributed by atoms with van der Waals surface area (Å²) in [6.07, 6.45) is 0. The molecule has 0 bridgehead atoms. The van der Waals surface area contributed by atoms with Gasteiger partial charge in [0.2, 0.25) is 0 Å². The SMILES string of the molecule is CC(=O)O/N=C(/C)c1ccc(N(c2cccc(O)c2)c2ccc(/C(C)=N/OC(C)=O)c3ccccc23)cc1. The van der Waals surface area contributed by atoms with E-state index >= 15 is 0 Å². The molecule has 0 aliphatic carbocycles. The number of oxime groups is 2. The van der Waals surface area contributed by atoms with Crippen LogP contribution in [-0.4, -0.2) is 28.5 Å². The van der Waals surface area contributed by atoms with Crippen molar-refractivity contribution >= 4 is 51.2 Å². The molecule has 0 spiro atoms. The van der Waals surface area contributed by atoms with Crippen molar-refractivity contribution in [3.8, 4) is 5.75 Å². The maximum Gasteiger partial charge on any atom is 0.331 e. The molecule has 0 radical (unpaired) electrons. The minimum absolute atomic E-state index is 0.138. The molecular weight excluding hydrogens is 482 g/mol. The lowest BCUT2D eigenvalue weighted by atomic mass is 9.98. The molecule has 0 aromatic heterocycles. The Hall–Kier alpha value is -4.98. The number of hydrogen-bond acceptors (Lipinski definition) is 8. The van der Waals surface area contributed by atoms with Gasteiger partial charge in [0.15, 0.2) is 0 Å². The van der Waals surface area contributed by atoms with E-state index in [1.165, 1.54) is 13.8 Å². The maximum absolute atomic E-state index is 11.3. The molecule has 0 atom stereocenters. The van der Waals surface area contributed by atoms with Gasteiger partial charge in [-0.1, -0.05) is 58.8 Å². The summed E-state index contributed by atoms with van der Waals surface area (Å²) in [5, 5.41) is 20.0. The number of rotatable bonds is 7. The molecule has 192 valence electrons. The lowest BCUT2D eigenvalue weighted by Gasteiger charge is -2.27. The van der Waals surface area contributed by atoms with E-state index in [2.05, 4.69) is 10.3 Å². The zero-order chi connectivity index (χ0) is 27.2. The molecule has 8 heteroatoms. The van der Waals surface area contributed by atoms with E-state index in [1.807, 2.05) is 71.6 Å². The van der Waals surface area contributed by atoms with E-state index in [9.17, 15) is 14.7 Å². The van der Waals surface area contributed by atoms with Crippen LogP contribution in [0.4, 0.5) is 17.1 Å². The highest BCUT2D eigenvalue weighted by atomic mass is 16.7. The van der Waals surface area contributed by atoms with Crippen LogP contribution >= 0.6 is 0 Å². The molecule has 0 fully saturated rings. The number of phenols is 1. The first-order valence-electron chi connectivity index (χ1n) is 11.9. The lowest BCUT2D eigenvalue weighted by Crippen LogP contribution is -2.11. The molecule has 0 saturated carbocycles. The predicted molar refractivity (Wildman–Crippen MR) is 148 cm³/mol. The molecule has 0 heterocycles. The summed E-state index contributed by atoms with van der Waals surface area (Å²) in [6.45, 7) is 6.15. The Kier molecular flexibility index (Phi) is 7.82. The number of carbonyl (C=O) groups is 2. The number of anilines is 3. The van der Waals surface area contributed by atoms with Gasteiger partial charge in [-0.2, -0.15) is 0 Å². The van der Waals surface area contributed by atoms with Gasteiger partial charge in [-0.15, -0.1) is 0 Å². The highest BCUT2D eigenvalue weighted by Gasteiger charge is 2.18. The topological polar surface area (TPSA) is 101 Å². The van der Waals surface area contributed by atoms with Crippen molar-refractivity contribution in [2.75, 3.05) is 4.90 Å². The second-order valence-corrected chi connectivity index (χ2v) is 8.60. The van der Waals surface area contributed by atoms with Crippen LogP contribution in [0.3, 0.4) is 0 Å². The quantitative estimate of drug-likeness (QED) is 0.171. The van der Waals surface area contributed by atoms with Gasteiger partial charge in [-0.25, -0.2) is 9.59 Å². The Balaban J connectivity index is 1.86. The van der Waals surface area contributed by atoms with Crippen molar-refractivity contribution in [3.05, 3.63) is 96.1 Å². The third-order valence-corrected chi connectivity index (χ3v) is 5.79. The third-order valence-electron chi connectivity index (χ3n) is 5.79. The molecule has 4 aromatic carbocycles. The predicted octanol–water partition coefficient (Wildman–Crippen LogP) is 6.59. The number of nitrogens with zero attached hydrogens (tertiary/aromatic N) is 3. The van der Waals surface area contributed by atoms with Crippen LogP contribution in [-0.2, 0) is 19.3 Å². The molecule has 38 heavy (non-hydrogen) atoms. The highest BCUT2D eigenvalue weighted by Crippen LogP contribution is 2.40. The zero-order valence-electron chi connectivity index (χ0n) is 21.5. The highest BCUT2D eigenvalue weighted by molar-refractivity contribution is 6.13. The zero-order valence-corrected chi connectivity index (χ0v) is 21.5. The van der Waals surface area contributed by atoms with Crippen LogP contribution in [0.2, 0.25) is 0 Å². The Morgan fingerprint density at radius 1 is 0.684 bits per heavy atom. The Labute approximate surface area is 220 Å². The summed E-state index contributed by atoms with van der Waals surface area (Å²) in [5.74, 6) is -0.838. The average molecular weight is 510 g/mol. The van der Waals surface area contributed by atoms with Gasteiger partial charge in [0.05, 0.1) is 17.1 Å². The van der Waals surface area contributed by atoms with Crippen molar-refractivity contribution in [2.45, 2.75) is 27.7 Å². The molecule has 1 N–H and O–H groups in total. The normalized spacial score (nSPS) is 11.8. The molecule has 0 saturated heterocycles. The van der Waals surface area contributed by atoms with Crippen LogP contribution in [0.1, 0.15) is 38.8 Å². The fraction of sp³-hybridized carbons (Fsp3) is 0.133. The van der Waals surface area contributed by atoms with Crippen LogP contribution in [0, 0.1) is 0 Å². The molecule has 4 rings (SSSR count). The van der Waals surface area contributed by atoms with Gasteiger partial charge in [-0.05, 0) is 55.1 Å². The summed E-state index contributed by atoms with van der Waals surface area (Å²) >= 11 is 0. The largest absolute Gasteiger partial charge is 0.508 e. The van der Waals surface area contributed by atoms with Gasteiger partial charge >= 0.3 is 11.9 Å². The van der Waals surface area contributed by atoms with Crippen molar-refractivity contribution in [1.29, 1.82) is 0 Å². The second kappa shape index (κ2) is 11.4. The van der Waals surface area contributed by atoms with Gasteiger partial charge in [-0.3, -0.25) is 0 Å². The van der Waals surface area contributed by atoms with E-state index in [-0.39, 0.29) is 5.75 Å². The summed E-state index contributed by atoms with van der Waals surface area (Å²) in [6, 6.07) is 26.4. The molecule has 4 aromatic rings. The van der Waals surface area contributed by atoms with Crippen molar-refractivity contribution in [2.24, 2.45) is 10.3 Å². The fourth-order valence-corrected chi connectivity index (χ4v) is 4.07. The number of aromatic hydroxyl groups is 1. The molecule has 8 nitrogen and oxygen atoms in total. The standard InChI is InChI=1S/C30H27N3O5/c1-19(31-37-21(3)34)23-12-14-24(15-13-23)33(25-8-7-9-26(36)18-25)30-17-16-27(20(2)32-38-22(4)35)28-10-5-6-11-29(28)30/h5-18,36H,1-4H3/b31-19-,32-20+. The Morgan fingerprint density at radius 2 is 1.32 bits per heavy atom. The van der Waals surface area contributed by atoms with E-state index < -0.39 is 11.9 Å². The van der Waals surface area contributed by atoms with Crippen LogP contribution in [0.5, 0.6) is 5.75 Å². The minimum atomic E-state index is -0.489. The summed E-state index contributed by atoms with van der Waals surface area (Å²) < 4.78 is 0. The van der Waals surface area contributed by atoms with Gasteiger partial charge in [0, 0.05) is 42.2 Å². The summed E-state index contributed by atoms with van der Waals surface area (Å²) in [7, 11) is 0. The number of fused-ring (bicyclic) bond motifs is 1. The van der Waals surface area contributed by atoms with E-state index in [0.29, 0.717) is 11.4 Å². The Bertz CT molecular complexity index is 1560.